The zero-order valence-corrected chi connectivity index (χ0v) is 11.4. The molecule has 0 unspecified atom stereocenters. The van der Waals surface area contributed by atoms with E-state index in [1.807, 2.05) is 30.3 Å². The molecule has 0 radical (unpaired) electrons. The first kappa shape index (κ1) is 12.9. The lowest BCUT2D eigenvalue weighted by molar-refractivity contribution is -0.384. The van der Waals surface area contributed by atoms with Crippen LogP contribution >= 0.6 is 27.5 Å². The van der Waals surface area contributed by atoms with E-state index in [0.29, 0.717) is 15.2 Å². The summed E-state index contributed by atoms with van der Waals surface area (Å²) in [5, 5.41) is 14.4. The van der Waals surface area contributed by atoms with E-state index >= 15 is 0 Å². The Morgan fingerprint density at radius 3 is 2.50 bits per heavy atom. The van der Waals surface area contributed by atoms with Crippen molar-refractivity contribution in [3.63, 3.8) is 0 Å². The van der Waals surface area contributed by atoms with Gasteiger partial charge in [0, 0.05) is 10.7 Å². The molecule has 2 rings (SSSR count). The molecule has 0 spiro atoms. The van der Waals surface area contributed by atoms with Crippen LogP contribution in [0.25, 0.3) is 0 Å². The maximum Gasteiger partial charge on any atom is 0.306 e. The number of para-hydroxylation sites is 1. The van der Waals surface area contributed by atoms with Crippen molar-refractivity contribution < 1.29 is 4.92 Å². The number of nitro benzene ring substituents is 1. The minimum absolute atomic E-state index is 0.0387. The van der Waals surface area contributed by atoms with Gasteiger partial charge in [0.2, 0.25) is 0 Å². The average Bonchev–Trinajstić information content (AvgIpc) is 2.28. The van der Waals surface area contributed by atoms with Gasteiger partial charge in [0.15, 0.2) is 0 Å². The Hall–Kier alpha value is -1.59. The fourth-order valence-electron chi connectivity index (χ4n) is 1.52. The minimum atomic E-state index is -0.453. The van der Waals surface area contributed by atoms with Crippen LogP contribution in [-0.4, -0.2) is 4.92 Å². The molecule has 0 saturated heterocycles. The highest BCUT2D eigenvalue weighted by atomic mass is 79.9. The van der Waals surface area contributed by atoms with Gasteiger partial charge in [-0.2, -0.15) is 0 Å². The molecule has 0 aliphatic carbocycles. The molecule has 6 heteroatoms. The summed E-state index contributed by atoms with van der Waals surface area (Å²) in [6.45, 7) is 0. The highest BCUT2D eigenvalue weighted by molar-refractivity contribution is 9.10. The summed E-state index contributed by atoms with van der Waals surface area (Å²) < 4.78 is 0.346. The number of nitrogens with one attached hydrogen (secondary N) is 1. The number of anilines is 2. The molecule has 0 fully saturated rings. The topological polar surface area (TPSA) is 55.2 Å². The van der Waals surface area contributed by atoms with Crippen molar-refractivity contribution in [3.8, 4) is 0 Å². The number of hydrogen-bond donors (Lipinski definition) is 1. The Kier molecular flexibility index (Phi) is 3.84. The normalized spacial score (nSPS) is 10.1. The predicted octanol–water partition coefficient (Wildman–Crippen LogP) is 4.75. The first-order chi connectivity index (χ1) is 8.58. The molecule has 92 valence electrons. The van der Waals surface area contributed by atoms with Crippen LogP contribution in [0.15, 0.2) is 46.9 Å². The largest absolute Gasteiger partial charge is 0.350 e. The molecule has 4 nitrogen and oxygen atoms in total. The van der Waals surface area contributed by atoms with Crippen molar-refractivity contribution in [2.24, 2.45) is 0 Å². The van der Waals surface area contributed by atoms with Gasteiger partial charge in [0.25, 0.3) is 0 Å². The summed E-state index contributed by atoms with van der Waals surface area (Å²) in [6, 6.07) is 12.2. The van der Waals surface area contributed by atoms with E-state index in [0.717, 1.165) is 5.69 Å². The average molecular weight is 328 g/mol. The smallest absolute Gasteiger partial charge is 0.306 e. The SMILES string of the molecule is O=[N+]([O-])c1c(Br)cc(Cl)cc1Nc1ccccc1. The quantitative estimate of drug-likeness (QED) is 0.653. The van der Waals surface area contributed by atoms with Crippen molar-refractivity contribution in [3.05, 3.63) is 62.1 Å². The molecule has 0 atom stereocenters. The van der Waals surface area contributed by atoms with Gasteiger partial charge in [0.1, 0.15) is 5.69 Å². The Labute approximate surface area is 117 Å². The molecule has 2 aromatic carbocycles. The Morgan fingerprint density at radius 2 is 1.89 bits per heavy atom. The van der Waals surface area contributed by atoms with Crippen LogP contribution < -0.4 is 5.32 Å². The molecule has 0 amide bonds. The van der Waals surface area contributed by atoms with E-state index in [4.69, 9.17) is 11.6 Å². The molecule has 0 aromatic heterocycles. The molecule has 0 aliphatic rings. The highest BCUT2D eigenvalue weighted by Gasteiger charge is 2.19. The van der Waals surface area contributed by atoms with Gasteiger partial charge in [-0.05, 0) is 40.2 Å². The second-order valence-corrected chi connectivity index (χ2v) is 4.82. The summed E-state index contributed by atoms with van der Waals surface area (Å²) in [4.78, 5) is 10.6. The second kappa shape index (κ2) is 5.37. The summed E-state index contributed by atoms with van der Waals surface area (Å²) in [7, 11) is 0. The van der Waals surface area contributed by atoms with Gasteiger partial charge < -0.3 is 5.32 Å². The molecule has 0 saturated carbocycles. The van der Waals surface area contributed by atoms with E-state index in [-0.39, 0.29) is 5.69 Å². The first-order valence-electron chi connectivity index (χ1n) is 5.03. The van der Waals surface area contributed by atoms with Gasteiger partial charge in [0.05, 0.1) is 9.40 Å². The van der Waals surface area contributed by atoms with Gasteiger partial charge >= 0.3 is 5.69 Å². The van der Waals surface area contributed by atoms with Gasteiger partial charge in [-0.25, -0.2) is 0 Å². The molecular weight excluding hydrogens is 320 g/mol. The fourth-order valence-corrected chi connectivity index (χ4v) is 2.48. The number of benzene rings is 2. The molecule has 0 aliphatic heterocycles. The van der Waals surface area contributed by atoms with Crippen LogP contribution in [0.4, 0.5) is 17.1 Å². The third-order valence-electron chi connectivity index (χ3n) is 2.26. The number of halogens is 2. The standard InChI is InChI=1S/C12H8BrClN2O2/c13-10-6-8(14)7-11(12(10)16(17)18)15-9-4-2-1-3-5-9/h1-7,15H. The summed E-state index contributed by atoms with van der Waals surface area (Å²) in [5.74, 6) is 0. The van der Waals surface area contributed by atoms with Crippen molar-refractivity contribution in [1.29, 1.82) is 0 Å². The van der Waals surface area contributed by atoms with Crippen LogP contribution in [0.1, 0.15) is 0 Å². The van der Waals surface area contributed by atoms with Crippen molar-refractivity contribution in [1.82, 2.24) is 0 Å². The molecule has 2 aromatic rings. The number of hydrogen-bond acceptors (Lipinski definition) is 3. The molecule has 0 heterocycles. The third kappa shape index (κ3) is 2.80. The lowest BCUT2D eigenvalue weighted by atomic mass is 10.2. The maximum absolute atomic E-state index is 11.0. The summed E-state index contributed by atoms with van der Waals surface area (Å²) in [6.07, 6.45) is 0. The number of nitro groups is 1. The van der Waals surface area contributed by atoms with Crippen LogP contribution in [-0.2, 0) is 0 Å². The van der Waals surface area contributed by atoms with Crippen molar-refractivity contribution in [2.45, 2.75) is 0 Å². The van der Waals surface area contributed by atoms with Crippen molar-refractivity contribution >= 4 is 44.6 Å². The number of nitrogens with zero attached hydrogens (tertiary/aromatic N) is 1. The Morgan fingerprint density at radius 1 is 1.22 bits per heavy atom. The van der Waals surface area contributed by atoms with E-state index in [1.54, 1.807) is 0 Å². The van der Waals surface area contributed by atoms with E-state index in [1.165, 1.54) is 12.1 Å². The van der Waals surface area contributed by atoms with Crippen LogP contribution in [0.5, 0.6) is 0 Å². The van der Waals surface area contributed by atoms with Crippen molar-refractivity contribution in [2.75, 3.05) is 5.32 Å². The van der Waals surface area contributed by atoms with Crippen LogP contribution in [0.3, 0.4) is 0 Å². The van der Waals surface area contributed by atoms with E-state index in [9.17, 15) is 10.1 Å². The van der Waals surface area contributed by atoms with Gasteiger partial charge in [-0.1, -0.05) is 29.8 Å². The van der Waals surface area contributed by atoms with Crippen LogP contribution in [0, 0.1) is 10.1 Å². The minimum Gasteiger partial charge on any atom is -0.350 e. The highest BCUT2D eigenvalue weighted by Crippen LogP contribution is 2.37. The first-order valence-corrected chi connectivity index (χ1v) is 6.20. The zero-order valence-electron chi connectivity index (χ0n) is 9.06. The molecule has 18 heavy (non-hydrogen) atoms. The lowest BCUT2D eigenvalue weighted by Crippen LogP contribution is -1.98. The van der Waals surface area contributed by atoms with Crippen LogP contribution in [0.2, 0.25) is 5.02 Å². The second-order valence-electron chi connectivity index (χ2n) is 3.53. The zero-order chi connectivity index (χ0) is 13.1. The summed E-state index contributed by atoms with van der Waals surface area (Å²) >= 11 is 9.05. The van der Waals surface area contributed by atoms with Gasteiger partial charge in [-0.3, -0.25) is 10.1 Å². The van der Waals surface area contributed by atoms with E-state index in [2.05, 4.69) is 21.2 Å². The predicted molar refractivity (Wildman–Crippen MR) is 75.5 cm³/mol. The third-order valence-corrected chi connectivity index (χ3v) is 3.09. The lowest BCUT2D eigenvalue weighted by Gasteiger charge is -2.08. The summed E-state index contributed by atoms with van der Waals surface area (Å²) in [5.41, 5.74) is 1.07. The van der Waals surface area contributed by atoms with E-state index < -0.39 is 4.92 Å². The van der Waals surface area contributed by atoms with Gasteiger partial charge in [-0.15, -0.1) is 0 Å². The molecular formula is C12H8BrClN2O2. The molecule has 1 N–H and O–H groups in total. The Bertz CT molecular complexity index is 590. The monoisotopic (exact) mass is 326 g/mol. The molecule has 0 bridgehead atoms. The fraction of sp³-hybridized carbons (Fsp3) is 0. The maximum atomic E-state index is 11.0. The Balaban J connectivity index is 2.46. The number of rotatable bonds is 3.